The number of hydrogen-bond acceptors (Lipinski definition) is 3. The molecule has 1 N–H and O–H groups in total. The van der Waals surface area contributed by atoms with Crippen LogP contribution in [-0.4, -0.2) is 44.6 Å². The van der Waals surface area contributed by atoms with Gasteiger partial charge in [-0.3, -0.25) is 4.79 Å². The van der Waals surface area contributed by atoms with E-state index in [4.69, 9.17) is 0 Å². The van der Waals surface area contributed by atoms with E-state index in [1.54, 1.807) is 0 Å². The Morgan fingerprint density at radius 2 is 2.04 bits per heavy atom. The predicted octanol–water partition coefficient (Wildman–Crippen LogP) is 2.25. The van der Waals surface area contributed by atoms with Gasteiger partial charge in [0, 0.05) is 24.7 Å². The number of sulfonamides is 1. The largest absolute Gasteiger partial charge is 0.416 e. The van der Waals surface area contributed by atoms with Gasteiger partial charge in [-0.05, 0) is 37.5 Å². The van der Waals surface area contributed by atoms with E-state index in [1.165, 1.54) is 17.0 Å². The smallest absolute Gasteiger partial charge is 0.334 e. The molecule has 5 nitrogen and oxygen atoms in total. The number of alkyl halides is 3. The molecule has 1 aromatic carbocycles. The van der Waals surface area contributed by atoms with Crippen molar-refractivity contribution in [2.75, 3.05) is 19.3 Å². The van der Waals surface area contributed by atoms with Gasteiger partial charge in [0.25, 0.3) is 5.91 Å². The van der Waals surface area contributed by atoms with Crippen LogP contribution in [0, 0.1) is 0 Å². The number of hydrogen-bond donors (Lipinski definition) is 1. The Bertz CT molecular complexity index is 704. The highest BCUT2D eigenvalue weighted by Gasteiger charge is 2.33. The minimum atomic E-state index is -4.52. The van der Waals surface area contributed by atoms with Crippen molar-refractivity contribution in [1.29, 1.82) is 0 Å². The number of piperidine rings is 1. The van der Waals surface area contributed by atoms with E-state index >= 15 is 0 Å². The second-order valence-electron chi connectivity index (χ2n) is 5.85. The fourth-order valence-electron chi connectivity index (χ4n) is 2.72. The Labute approximate surface area is 138 Å². The van der Waals surface area contributed by atoms with Crippen LogP contribution in [0.25, 0.3) is 0 Å². The molecule has 1 fully saturated rings. The second kappa shape index (κ2) is 7.10. The zero-order valence-corrected chi connectivity index (χ0v) is 14.0. The summed E-state index contributed by atoms with van der Waals surface area (Å²) in [5.41, 5.74) is -0.924. The number of nitrogens with one attached hydrogen (secondary N) is 1. The molecule has 0 spiro atoms. The Hall–Kier alpha value is -1.61. The summed E-state index contributed by atoms with van der Waals surface area (Å²) in [5, 5.41) is 0. The molecule has 0 aliphatic carbocycles. The van der Waals surface area contributed by atoms with Gasteiger partial charge in [0.2, 0.25) is 10.0 Å². The molecule has 24 heavy (non-hydrogen) atoms. The van der Waals surface area contributed by atoms with Crippen molar-refractivity contribution in [2.24, 2.45) is 0 Å². The molecule has 0 aromatic heterocycles. The highest BCUT2D eigenvalue weighted by Crippen LogP contribution is 2.30. The zero-order valence-electron chi connectivity index (χ0n) is 13.1. The lowest BCUT2D eigenvalue weighted by molar-refractivity contribution is -0.137. The van der Waals surface area contributed by atoms with E-state index < -0.39 is 27.7 Å². The van der Waals surface area contributed by atoms with Crippen LogP contribution >= 0.6 is 0 Å². The predicted molar refractivity (Wildman–Crippen MR) is 83.0 cm³/mol. The average Bonchev–Trinajstić information content (AvgIpc) is 2.51. The van der Waals surface area contributed by atoms with Crippen LogP contribution in [0.2, 0.25) is 0 Å². The number of rotatable bonds is 4. The van der Waals surface area contributed by atoms with Crippen LogP contribution in [0.4, 0.5) is 13.2 Å². The monoisotopic (exact) mass is 364 g/mol. The summed E-state index contributed by atoms with van der Waals surface area (Å²) in [7, 11) is -3.40. The topological polar surface area (TPSA) is 66.5 Å². The number of likely N-dealkylation sites (tertiary alicyclic amines) is 1. The molecule has 1 aromatic rings. The zero-order chi connectivity index (χ0) is 18.0. The molecule has 9 heteroatoms. The Balaban J connectivity index is 2.19. The minimum Gasteiger partial charge on any atom is -0.334 e. The van der Waals surface area contributed by atoms with E-state index in [2.05, 4.69) is 4.72 Å². The van der Waals surface area contributed by atoms with Gasteiger partial charge in [0.15, 0.2) is 0 Å². The lowest BCUT2D eigenvalue weighted by Gasteiger charge is -2.36. The van der Waals surface area contributed by atoms with Crippen molar-refractivity contribution in [2.45, 2.75) is 31.5 Å². The average molecular weight is 364 g/mol. The highest BCUT2D eigenvalue weighted by atomic mass is 32.2. The number of halogens is 3. The summed E-state index contributed by atoms with van der Waals surface area (Å²) >= 11 is 0. The first kappa shape index (κ1) is 18.7. The van der Waals surface area contributed by atoms with Crippen molar-refractivity contribution in [3.05, 3.63) is 35.4 Å². The van der Waals surface area contributed by atoms with Crippen LogP contribution in [0.5, 0.6) is 0 Å². The van der Waals surface area contributed by atoms with Gasteiger partial charge in [-0.25, -0.2) is 13.1 Å². The Kier molecular flexibility index (Phi) is 5.54. The molecule has 0 bridgehead atoms. The Morgan fingerprint density at radius 1 is 1.33 bits per heavy atom. The summed E-state index contributed by atoms with van der Waals surface area (Å²) in [5.74, 6) is -0.513. The van der Waals surface area contributed by atoms with Crippen molar-refractivity contribution in [3.8, 4) is 0 Å². The van der Waals surface area contributed by atoms with Gasteiger partial charge in [-0.2, -0.15) is 13.2 Å². The van der Waals surface area contributed by atoms with E-state index in [9.17, 15) is 26.4 Å². The molecule has 1 aliphatic heterocycles. The lowest BCUT2D eigenvalue weighted by atomic mass is 10.0. The molecule has 0 saturated carbocycles. The van der Waals surface area contributed by atoms with Crippen LogP contribution in [0.15, 0.2) is 24.3 Å². The fourth-order valence-corrected chi connectivity index (χ4v) is 3.22. The van der Waals surface area contributed by atoms with Gasteiger partial charge in [-0.1, -0.05) is 6.07 Å². The summed E-state index contributed by atoms with van der Waals surface area (Å²) in [6.07, 6.45) is -1.32. The lowest BCUT2D eigenvalue weighted by Crippen LogP contribution is -2.49. The van der Waals surface area contributed by atoms with Gasteiger partial charge < -0.3 is 4.90 Å². The van der Waals surface area contributed by atoms with E-state index in [0.717, 1.165) is 31.2 Å². The van der Waals surface area contributed by atoms with Crippen LogP contribution in [0.1, 0.15) is 35.2 Å². The third kappa shape index (κ3) is 4.94. The first-order chi connectivity index (χ1) is 11.1. The van der Waals surface area contributed by atoms with Crippen molar-refractivity contribution in [3.63, 3.8) is 0 Å². The first-order valence-corrected chi connectivity index (χ1v) is 9.40. The third-order valence-corrected chi connectivity index (χ3v) is 4.60. The van der Waals surface area contributed by atoms with Crippen LogP contribution in [0.3, 0.4) is 0 Å². The molecule has 1 heterocycles. The SMILES string of the molecule is CS(=O)(=O)NC[C@H]1CCCCN1C(=O)c1cccc(C(F)(F)F)c1. The van der Waals surface area contributed by atoms with Gasteiger partial charge in [0.1, 0.15) is 0 Å². The van der Waals surface area contributed by atoms with Gasteiger partial charge >= 0.3 is 6.18 Å². The van der Waals surface area contributed by atoms with Crippen molar-refractivity contribution >= 4 is 15.9 Å². The molecule has 1 aliphatic rings. The summed E-state index contributed by atoms with van der Waals surface area (Å²) < 4.78 is 63.2. The highest BCUT2D eigenvalue weighted by molar-refractivity contribution is 7.88. The maximum Gasteiger partial charge on any atom is 0.416 e. The molecule has 1 saturated heterocycles. The molecule has 1 amide bonds. The number of carbonyl (C=O) groups is 1. The van der Waals surface area contributed by atoms with Crippen molar-refractivity contribution in [1.82, 2.24) is 9.62 Å². The van der Waals surface area contributed by atoms with Crippen LogP contribution in [-0.2, 0) is 16.2 Å². The Morgan fingerprint density at radius 3 is 2.67 bits per heavy atom. The third-order valence-electron chi connectivity index (χ3n) is 3.91. The number of benzene rings is 1. The van der Waals surface area contributed by atoms with E-state index in [0.29, 0.717) is 13.0 Å². The van der Waals surface area contributed by atoms with Gasteiger partial charge in [0.05, 0.1) is 11.8 Å². The molecule has 2 rings (SSSR count). The van der Waals surface area contributed by atoms with Gasteiger partial charge in [-0.15, -0.1) is 0 Å². The number of nitrogens with zero attached hydrogens (tertiary/aromatic N) is 1. The van der Waals surface area contributed by atoms with Crippen molar-refractivity contribution < 1.29 is 26.4 Å². The van der Waals surface area contributed by atoms with Crippen LogP contribution < -0.4 is 4.72 Å². The number of amides is 1. The fraction of sp³-hybridized carbons (Fsp3) is 0.533. The maximum absolute atomic E-state index is 12.8. The summed E-state index contributed by atoms with van der Waals surface area (Å²) in [6, 6.07) is 3.92. The molecule has 134 valence electrons. The standard InChI is InChI=1S/C15H19F3N2O3S/c1-24(22,23)19-10-13-7-2-3-8-20(13)14(21)11-5-4-6-12(9-11)15(16,17)18/h4-6,9,13,19H,2-3,7-8,10H2,1H3/t13-/m1/s1. The summed E-state index contributed by atoms with van der Waals surface area (Å²) in [6.45, 7) is 0.453. The van der Waals surface area contributed by atoms with E-state index in [1.807, 2.05) is 0 Å². The molecule has 0 radical (unpaired) electrons. The molecular formula is C15H19F3N2O3S. The normalized spacial score (nSPS) is 19.3. The number of carbonyl (C=O) groups excluding carboxylic acids is 1. The quantitative estimate of drug-likeness (QED) is 0.891. The second-order valence-corrected chi connectivity index (χ2v) is 7.68. The molecule has 0 unspecified atom stereocenters. The first-order valence-electron chi connectivity index (χ1n) is 7.51. The summed E-state index contributed by atoms with van der Waals surface area (Å²) in [4.78, 5) is 14.1. The maximum atomic E-state index is 12.8. The minimum absolute atomic E-state index is 0.0453. The molecule has 1 atom stereocenters. The van der Waals surface area contributed by atoms with E-state index in [-0.39, 0.29) is 18.2 Å². The molecular weight excluding hydrogens is 345 g/mol.